The van der Waals surface area contributed by atoms with Crippen LogP contribution in [0.3, 0.4) is 0 Å². The van der Waals surface area contributed by atoms with Crippen LogP contribution in [0.25, 0.3) is 0 Å². The summed E-state index contributed by atoms with van der Waals surface area (Å²) in [5.41, 5.74) is -2.94. The van der Waals surface area contributed by atoms with Crippen molar-refractivity contribution >= 4 is 6.29 Å². The molecule has 0 bridgehead atoms. The number of hydrogen-bond acceptors (Lipinski definition) is 10. The highest BCUT2D eigenvalue weighted by Crippen LogP contribution is 2.71. The predicted octanol–water partition coefficient (Wildman–Crippen LogP) is 1.02. The lowest BCUT2D eigenvalue weighted by Crippen LogP contribution is -2.69. The van der Waals surface area contributed by atoms with Gasteiger partial charge >= 0.3 is 5.63 Å². The highest BCUT2D eigenvalue weighted by molar-refractivity contribution is 5.56. The molecule has 0 amide bonds. The number of aliphatic hydroxyl groups excluding tert-OH is 4. The van der Waals surface area contributed by atoms with Crippen LogP contribution in [0.4, 0.5) is 0 Å². The van der Waals surface area contributed by atoms with E-state index >= 15 is 0 Å². The molecule has 4 fully saturated rings. The fraction of sp³-hybridized carbons (Fsp3) is 0.800. The van der Waals surface area contributed by atoms with Crippen molar-refractivity contribution in [2.75, 3.05) is 6.61 Å². The van der Waals surface area contributed by atoms with Crippen molar-refractivity contribution in [3.63, 3.8) is 0 Å². The molecule has 0 saturated heterocycles. The normalized spacial score (nSPS) is 44.0. The van der Waals surface area contributed by atoms with E-state index in [-0.39, 0.29) is 37.1 Å². The Morgan fingerprint density at radius 2 is 1.75 bits per heavy atom. The van der Waals surface area contributed by atoms with Crippen LogP contribution in [0.15, 0.2) is 27.6 Å². The van der Waals surface area contributed by atoms with Crippen molar-refractivity contribution in [1.82, 2.24) is 0 Å². The van der Waals surface area contributed by atoms with Gasteiger partial charge < -0.3 is 44.6 Å². The van der Waals surface area contributed by atoms with Crippen molar-refractivity contribution in [3.05, 3.63) is 34.4 Å². The van der Waals surface area contributed by atoms with Crippen LogP contribution in [0.5, 0.6) is 0 Å². The molecular formula is C30H44O10. The van der Waals surface area contributed by atoms with Gasteiger partial charge in [0.05, 0.1) is 36.3 Å². The van der Waals surface area contributed by atoms with E-state index < -0.39 is 58.2 Å². The Kier molecular flexibility index (Phi) is 7.87. The van der Waals surface area contributed by atoms with E-state index in [1.54, 1.807) is 13.0 Å². The second-order valence-corrected chi connectivity index (χ2v) is 13.3. The molecule has 0 aliphatic heterocycles. The first-order valence-corrected chi connectivity index (χ1v) is 14.6. The van der Waals surface area contributed by atoms with Crippen LogP contribution < -0.4 is 5.63 Å². The third-order valence-electron chi connectivity index (χ3n) is 11.8. The Morgan fingerprint density at radius 1 is 1.02 bits per heavy atom. The Morgan fingerprint density at radius 3 is 2.40 bits per heavy atom. The molecule has 0 spiro atoms. The largest absolute Gasteiger partial charge is 0.431 e. The molecule has 40 heavy (non-hydrogen) atoms. The van der Waals surface area contributed by atoms with E-state index in [4.69, 9.17) is 9.15 Å². The maximum atomic E-state index is 12.4. The summed E-state index contributed by atoms with van der Waals surface area (Å²) < 4.78 is 11.2. The van der Waals surface area contributed by atoms with Crippen LogP contribution >= 0.6 is 0 Å². The van der Waals surface area contributed by atoms with Gasteiger partial charge in [0, 0.05) is 23.3 Å². The molecule has 0 radical (unpaired) electrons. The number of carbonyl (C=O) groups excluding carboxylic acids is 1. The lowest BCUT2D eigenvalue weighted by molar-refractivity contribution is -0.274. The monoisotopic (exact) mass is 564 g/mol. The Labute approximate surface area is 234 Å². The van der Waals surface area contributed by atoms with E-state index in [2.05, 4.69) is 6.92 Å². The summed E-state index contributed by atoms with van der Waals surface area (Å²) in [7, 11) is 0. The maximum absolute atomic E-state index is 12.4. The van der Waals surface area contributed by atoms with Crippen LogP contribution in [0.1, 0.15) is 83.1 Å². The molecule has 5 rings (SSSR count). The van der Waals surface area contributed by atoms with Gasteiger partial charge in [0.25, 0.3) is 0 Å². The number of aliphatic hydroxyl groups is 6. The first-order chi connectivity index (χ1) is 18.9. The first kappa shape index (κ1) is 29.8. The first-order valence-electron chi connectivity index (χ1n) is 14.6. The molecule has 1 aromatic rings. The summed E-state index contributed by atoms with van der Waals surface area (Å²) >= 11 is 0. The van der Waals surface area contributed by atoms with Gasteiger partial charge in [0.15, 0.2) is 6.29 Å². The molecule has 1 heterocycles. The fourth-order valence-corrected chi connectivity index (χ4v) is 9.48. The SMILES string of the molecule is C[C@H](OC1CC[C@]2(CO)C3CC[C@]4(C)[C@@H](c5ccc(=O)oc5)CC[C@]4(O)[C@@H]3CC[C@]2(O)C1)[C@H](O)[C@@H](O)[C@@H](O)C=O. The minimum atomic E-state index is -1.73. The molecule has 2 unspecified atom stereocenters. The number of fused-ring (bicyclic) bond motifs is 5. The third kappa shape index (κ3) is 4.33. The number of rotatable bonds is 8. The zero-order valence-corrected chi connectivity index (χ0v) is 23.3. The summed E-state index contributed by atoms with van der Waals surface area (Å²) in [6.45, 7) is 3.47. The van der Waals surface area contributed by atoms with Gasteiger partial charge in [-0.05, 0) is 87.7 Å². The molecule has 4 aliphatic rings. The Bertz CT molecular complexity index is 1120. The Hall–Kier alpha value is -1.66. The summed E-state index contributed by atoms with van der Waals surface area (Å²) in [6.07, 6.45) is 0.458. The van der Waals surface area contributed by atoms with E-state index in [0.29, 0.717) is 38.5 Å². The molecule has 224 valence electrons. The van der Waals surface area contributed by atoms with Crippen molar-refractivity contribution in [3.8, 4) is 0 Å². The van der Waals surface area contributed by atoms with Crippen molar-refractivity contribution in [2.24, 2.45) is 22.7 Å². The fourth-order valence-electron chi connectivity index (χ4n) is 9.48. The molecule has 12 atom stereocenters. The minimum absolute atomic E-state index is 0.0406. The summed E-state index contributed by atoms with van der Waals surface area (Å²) in [5, 5.41) is 65.4. The van der Waals surface area contributed by atoms with Crippen LogP contribution in [-0.2, 0) is 9.53 Å². The molecule has 10 nitrogen and oxygen atoms in total. The molecular weight excluding hydrogens is 520 g/mol. The van der Waals surface area contributed by atoms with Gasteiger partial charge in [0.1, 0.15) is 18.3 Å². The zero-order chi connectivity index (χ0) is 29.1. The number of hydrogen-bond donors (Lipinski definition) is 6. The highest BCUT2D eigenvalue weighted by atomic mass is 16.5. The van der Waals surface area contributed by atoms with E-state index in [9.17, 15) is 40.2 Å². The lowest BCUT2D eigenvalue weighted by atomic mass is 9.41. The van der Waals surface area contributed by atoms with E-state index in [1.807, 2.05) is 0 Å². The van der Waals surface area contributed by atoms with Gasteiger partial charge in [-0.3, -0.25) is 0 Å². The van der Waals surface area contributed by atoms with Crippen LogP contribution in [-0.4, -0.2) is 85.3 Å². The summed E-state index contributed by atoms with van der Waals surface area (Å²) in [6, 6.07) is 3.22. The quantitative estimate of drug-likeness (QED) is 0.250. The second-order valence-electron chi connectivity index (χ2n) is 13.3. The minimum Gasteiger partial charge on any atom is -0.431 e. The molecule has 0 aromatic carbocycles. The smallest absolute Gasteiger partial charge is 0.335 e. The van der Waals surface area contributed by atoms with Crippen molar-refractivity contribution < 1.29 is 44.6 Å². The van der Waals surface area contributed by atoms with Gasteiger partial charge in [-0.25, -0.2) is 4.79 Å². The predicted molar refractivity (Wildman–Crippen MR) is 142 cm³/mol. The van der Waals surface area contributed by atoms with Crippen LogP contribution in [0, 0.1) is 22.7 Å². The average molecular weight is 565 g/mol. The van der Waals surface area contributed by atoms with Gasteiger partial charge in [-0.1, -0.05) is 6.92 Å². The third-order valence-corrected chi connectivity index (χ3v) is 11.8. The summed E-state index contributed by atoms with van der Waals surface area (Å²) in [5.74, 6) is -0.147. The molecule has 10 heteroatoms. The Balaban J connectivity index is 1.35. The molecule has 4 aliphatic carbocycles. The molecule has 1 aromatic heterocycles. The summed E-state index contributed by atoms with van der Waals surface area (Å²) in [4.78, 5) is 22.4. The van der Waals surface area contributed by atoms with Crippen molar-refractivity contribution in [1.29, 1.82) is 0 Å². The van der Waals surface area contributed by atoms with Gasteiger partial charge in [-0.2, -0.15) is 0 Å². The molecule has 4 saturated carbocycles. The number of aldehydes is 1. The topological polar surface area (TPSA) is 178 Å². The maximum Gasteiger partial charge on any atom is 0.335 e. The highest BCUT2D eigenvalue weighted by Gasteiger charge is 2.71. The lowest BCUT2D eigenvalue weighted by Gasteiger charge is -2.66. The molecule has 6 N–H and O–H groups in total. The van der Waals surface area contributed by atoms with Crippen molar-refractivity contribution in [2.45, 2.75) is 119 Å². The van der Waals surface area contributed by atoms with Crippen LogP contribution in [0.2, 0.25) is 0 Å². The van der Waals surface area contributed by atoms with E-state index in [0.717, 1.165) is 18.4 Å². The van der Waals surface area contributed by atoms with Gasteiger partial charge in [0.2, 0.25) is 0 Å². The average Bonchev–Trinajstić information content (AvgIpc) is 3.22. The number of ether oxygens (including phenoxy) is 1. The standard InChI is InChI=1S/C30H44O10/c1-17(25(35)26(36)23(33)14-31)40-19-5-10-28(16-32)21-6-9-27(2)20(18-3-4-24(34)39-15-18)8-12-30(27,38)22(21)7-11-29(28,37)13-19/h3-4,14-15,17,19-23,25-26,32-33,35-38H,5-13,16H2,1-2H3/t17-,19?,20+,21?,22+,23-,25-,26-,27+,28-,29-,30-/m0/s1. The number of carbonyl (C=O) groups is 1. The van der Waals surface area contributed by atoms with E-state index in [1.165, 1.54) is 12.3 Å². The van der Waals surface area contributed by atoms with Gasteiger partial charge in [-0.15, -0.1) is 0 Å². The zero-order valence-electron chi connectivity index (χ0n) is 23.3. The second kappa shape index (κ2) is 10.6.